The van der Waals surface area contributed by atoms with Crippen molar-refractivity contribution in [3.8, 4) is 5.75 Å². The predicted octanol–water partition coefficient (Wildman–Crippen LogP) is 3.88. The van der Waals surface area contributed by atoms with Gasteiger partial charge in [-0.15, -0.1) is 0 Å². The number of nitrogens with one attached hydrogen (secondary N) is 1. The average Bonchev–Trinajstić information content (AvgIpc) is 2.53. The van der Waals surface area contributed by atoms with E-state index in [1.807, 2.05) is 31.2 Å². The lowest BCUT2D eigenvalue weighted by Crippen LogP contribution is -2.02. The number of methoxy groups -OCH3 is 1. The highest BCUT2D eigenvalue weighted by Gasteiger charge is 2.07. The molecule has 2 rings (SSSR count). The van der Waals surface area contributed by atoms with Crippen molar-refractivity contribution >= 4 is 29.0 Å². The van der Waals surface area contributed by atoms with E-state index in [2.05, 4.69) is 10.5 Å². The summed E-state index contributed by atoms with van der Waals surface area (Å²) in [5.41, 5.74) is 5.03. The highest BCUT2D eigenvalue weighted by Crippen LogP contribution is 2.23. The van der Waals surface area contributed by atoms with Crippen LogP contribution in [-0.4, -0.2) is 23.9 Å². The summed E-state index contributed by atoms with van der Waals surface area (Å²) in [4.78, 5) is 11.0. The minimum Gasteiger partial charge on any atom is -0.497 e. The number of hydrogen-bond acceptors (Lipinski definition) is 4. The zero-order valence-corrected chi connectivity index (χ0v) is 12.9. The number of rotatable bonds is 5. The second-order valence-electron chi connectivity index (χ2n) is 4.54. The van der Waals surface area contributed by atoms with Gasteiger partial charge in [0.2, 0.25) is 0 Å². The standard InChI is InChI=1S/C16H15ClN2O3/c1-10(11-3-6-13(22-2)7-4-11)18-19-15-9-12(16(20)21)5-8-14(15)17/h3-9,19H,1-2H3,(H,20,21)/b18-10-. The van der Waals surface area contributed by atoms with Gasteiger partial charge in [-0.3, -0.25) is 5.43 Å². The quantitative estimate of drug-likeness (QED) is 0.648. The number of carboxylic acid groups (broad SMARTS) is 1. The first-order valence-corrected chi connectivity index (χ1v) is 6.86. The third-order valence-electron chi connectivity index (χ3n) is 3.07. The van der Waals surface area contributed by atoms with Crippen molar-refractivity contribution in [1.82, 2.24) is 0 Å². The van der Waals surface area contributed by atoms with Crippen LogP contribution in [-0.2, 0) is 0 Å². The molecule has 0 aliphatic heterocycles. The first-order valence-electron chi connectivity index (χ1n) is 6.49. The molecule has 0 spiro atoms. The number of halogens is 1. The summed E-state index contributed by atoms with van der Waals surface area (Å²) in [7, 11) is 1.61. The third-order valence-corrected chi connectivity index (χ3v) is 3.39. The summed E-state index contributed by atoms with van der Waals surface area (Å²) in [6, 6.07) is 11.8. The Kier molecular flexibility index (Phi) is 5.01. The van der Waals surface area contributed by atoms with Crippen LogP contribution in [0.25, 0.3) is 0 Å². The molecule has 6 heteroatoms. The number of benzene rings is 2. The number of aromatic carboxylic acids is 1. The van der Waals surface area contributed by atoms with E-state index in [9.17, 15) is 4.79 Å². The first kappa shape index (κ1) is 15.9. The Morgan fingerprint density at radius 1 is 1.18 bits per heavy atom. The van der Waals surface area contributed by atoms with Crippen molar-refractivity contribution in [2.45, 2.75) is 6.92 Å². The molecule has 0 saturated heterocycles. The van der Waals surface area contributed by atoms with Crippen molar-refractivity contribution in [1.29, 1.82) is 0 Å². The maximum Gasteiger partial charge on any atom is 0.335 e. The molecule has 114 valence electrons. The first-order chi connectivity index (χ1) is 10.5. The van der Waals surface area contributed by atoms with Gasteiger partial charge in [-0.25, -0.2) is 4.79 Å². The maximum absolute atomic E-state index is 11.0. The van der Waals surface area contributed by atoms with Gasteiger partial charge in [-0.1, -0.05) is 11.6 Å². The largest absolute Gasteiger partial charge is 0.497 e. The van der Waals surface area contributed by atoms with E-state index in [1.165, 1.54) is 18.2 Å². The molecule has 22 heavy (non-hydrogen) atoms. The molecular weight excluding hydrogens is 304 g/mol. The van der Waals surface area contributed by atoms with Gasteiger partial charge in [0.05, 0.1) is 29.1 Å². The Morgan fingerprint density at radius 3 is 2.41 bits per heavy atom. The van der Waals surface area contributed by atoms with E-state index in [4.69, 9.17) is 21.4 Å². The monoisotopic (exact) mass is 318 g/mol. The summed E-state index contributed by atoms with van der Waals surface area (Å²) < 4.78 is 5.10. The summed E-state index contributed by atoms with van der Waals surface area (Å²) >= 11 is 6.03. The van der Waals surface area contributed by atoms with E-state index in [0.29, 0.717) is 10.7 Å². The fourth-order valence-corrected chi connectivity index (χ4v) is 1.94. The van der Waals surface area contributed by atoms with E-state index in [-0.39, 0.29) is 5.56 Å². The lowest BCUT2D eigenvalue weighted by atomic mass is 10.1. The highest BCUT2D eigenvalue weighted by molar-refractivity contribution is 6.33. The molecule has 2 N–H and O–H groups in total. The van der Waals surface area contributed by atoms with E-state index >= 15 is 0 Å². The predicted molar refractivity (Wildman–Crippen MR) is 87.2 cm³/mol. The number of ether oxygens (including phenoxy) is 1. The molecule has 0 bridgehead atoms. The van der Waals surface area contributed by atoms with Gasteiger partial charge in [0, 0.05) is 0 Å². The zero-order chi connectivity index (χ0) is 16.1. The number of nitrogens with zero attached hydrogens (tertiary/aromatic N) is 1. The Hall–Kier alpha value is -2.53. The number of hydrazone groups is 1. The topological polar surface area (TPSA) is 70.9 Å². The Balaban J connectivity index is 2.19. The molecule has 5 nitrogen and oxygen atoms in total. The second-order valence-corrected chi connectivity index (χ2v) is 4.94. The summed E-state index contributed by atoms with van der Waals surface area (Å²) in [6.45, 7) is 1.84. The molecule has 0 aliphatic carbocycles. The molecular formula is C16H15ClN2O3. The van der Waals surface area contributed by atoms with Crippen LogP contribution in [0.3, 0.4) is 0 Å². The van der Waals surface area contributed by atoms with Crippen molar-refractivity contribution in [3.05, 3.63) is 58.6 Å². The van der Waals surface area contributed by atoms with Gasteiger partial charge < -0.3 is 9.84 Å². The van der Waals surface area contributed by atoms with Gasteiger partial charge in [0.1, 0.15) is 5.75 Å². The van der Waals surface area contributed by atoms with Crippen LogP contribution in [0.4, 0.5) is 5.69 Å². The zero-order valence-electron chi connectivity index (χ0n) is 12.1. The Labute approximate surface area is 133 Å². The molecule has 0 saturated carbocycles. The fourth-order valence-electron chi connectivity index (χ4n) is 1.78. The Bertz CT molecular complexity index is 712. The van der Waals surface area contributed by atoms with Gasteiger partial charge in [0.15, 0.2) is 0 Å². The Morgan fingerprint density at radius 2 is 1.82 bits per heavy atom. The minimum atomic E-state index is -1.02. The lowest BCUT2D eigenvalue weighted by Gasteiger charge is -2.07. The minimum absolute atomic E-state index is 0.143. The van der Waals surface area contributed by atoms with Crippen LogP contribution < -0.4 is 10.2 Å². The molecule has 0 aromatic heterocycles. The summed E-state index contributed by atoms with van der Waals surface area (Å²) in [5, 5.41) is 13.6. The van der Waals surface area contributed by atoms with Crippen LogP contribution in [0, 0.1) is 0 Å². The average molecular weight is 319 g/mol. The fraction of sp³-hybridized carbons (Fsp3) is 0.125. The second kappa shape index (κ2) is 6.95. The smallest absolute Gasteiger partial charge is 0.335 e. The molecule has 2 aromatic rings. The van der Waals surface area contributed by atoms with Crippen LogP contribution in [0.2, 0.25) is 5.02 Å². The van der Waals surface area contributed by atoms with Gasteiger partial charge >= 0.3 is 5.97 Å². The normalized spacial score (nSPS) is 11.1. The molecule has 2 aromatic carbocycles. The van der Waals surface area contributed by atoms with E-state index < -0.39 is 5.97 Å². The van der Waals surface area contributed by atoms with Gasteiger partial charge in [-0.2, -0.15) is 5.10 Å². The SMILES string of the molecule is COc1ccc(/C(C)=N\Nc2cc(C(=O)O)ccc2Cl)cc1. The maximum atomic E-state index is 11.0. The van der Waals surface area contributed by atoms with Crippen LogP contribution in [0.15, 0.2) is 47.6 Å². The lowest BCUT2D eigenvalue weighted by molar-refractivity contribution is 0.0697. The number of hydrogen-bond donors (Lipinski definition) is 2. The summed E-state index contributed by atoms with van der Waals surface area (Å²) in [6.07, 6.45) is 0. The molecule has 0 atom stereocenters. The number of carbonyl (C=O) groups is 1. The molecule has 0 amide bonds. The number of anilines is 1. The molecule has 0 unspecified atom stereocenters. The van der Waals surface area contributed by atoms with Crippen molar-refractivity contribution < 1.29 is 14.6 Å². The van der Waals surface area contributed by atoms with Crippen molar-refractivity contribution in [3.63, 3.8) is 0 Å². The molecule has 0 fully saturated rings. The van der Waals surface area contributed by atoms with Crippen LogP contribution >= 0.6 is 11.6 Å². The highest BCUT2D eigenvalue weighted by atomic mass is 35.5. The van der Waals surface area contributed by atoms with Crippen molar-refractivity contribution in [2.75, 3.05) is 12.5 Å². The van der Waals surface area contributed by atoms with Crippen LogP contribution in [0.1, 0.15) is 22.8 Å². The summed E-state index contributed by atoms with van der Waals surface area (Å²) in [5.74, 6) is -0.253. The van der Waals surface area contributed by atoms with E-state index in [1.54, 1.807) is 7.11 Å². The van der Waals surface area contributed by atoms with Crippen LogP contribution in [0.5, 0.6) is 5.75 Å². The third kappa shape index (κ3) is 3.77. The molecule has 0 heterocycles. The molecule has 0 aliphatic rings. The van der Waals surface area contributed by atoms with Gasteiger partial charge in [-0.05, 0) is 55.0 Å². The number of carboxylic acids is 1. The van der Waals surface area contributed by atoms with Crippen molar-refractivity contribution in [2.24, 2.45) is 5.10 Å². The van der Waals surface area contributed by atoms with E-state index in [0.717, 1.165) is 17.0 Å². The van der Waals surface area contributed by atoms with Gasteiger partial charge in [0.25, 0.3) is 0 Å². The molecule has 0 radical (unpaired) electrons.